The fourth-order valence-electron chi connectivity index (χ4n) is 1.10. The predicted molar refractivity (Wildman–Crippen MR) is 55.5 cm³/mol. The van der Waals surface area contributed by atoms with E-state index in [1.165, 1.54) is 5.56 Å². The van der Waals surface area contributed by atoms with E-state index >= 15 is 0 Å². The van der Waals surface area contributed by atoms with Crippen LogP contribution in [0.15, 0.2) is 43.9 Å². The van der Waals surface area contributed by atoms with Crippen LogP contribution in [-0.2, 0) is 0 Å². The van der Waals surface area contributed by atoms with E-state index in [9.17, 15) is 0 Å². The normalized spacial score (nSPS) is 9.00. The fraction of sp³-hybridized carbons (Fsp3) is 0.0909. The van der Waals surface area contributed by atoms with E-state index in [0.29, 0.717) is 0 Å². The molecular weight excluding hydrogens is 160 g/mol. The standard InChI is InChI=1S/C9H8N2.C2H4/c1-7-2-3-9-8(4-7)5-10-6-11-9;1-2/h2-6H,1H3;1-2H2. The highest BCUT2D eigenvalue weighted by molar-refractivity contribution is 5.77. The van der Waals surface area contributed by atoms with E-state index in [-0.39, 0.29) is 0 Å². The van der Waals surface area contributed by atoms with Gasteiger partial charge in [0.05, 0.1) is 5.52 Å². The Bertz CT molecular complexity index is 396. The van der Waals surface area contributed by atoms with Gasteiger partial charge in [0.2, 0.25) is 0 Å². The Balaban J connectivity index is 0.000000396. The van der Waals surface area contributed by atoms with Gasteiger partial charge in [-0.1, -0.05) is 11.6 Å². The molecule has 2 nitrogen and oxygen atoms in total. The van der Waals surface area contributed by atoms with Crippen LogP contribution >= 0.6 is 0 Å². The van der Waals surface area contributed by atoms with E-state index < -0.39 is 0 Å². The topological polar surface area (TPSA) is 25.8 Å². The third kappa shape index (κ3) is 2.12. The summed E-state index contributed by atoms with van der Waals surface area (Å²) in [7, 11) is 0. The predicted octanol–water partition coefficient (Wildman–Crippen LogP) is 2.74. The Labute approximate surface area is 78.0 Å². The van der Waals surface area contributed by atoms with E-state index in [1.807, 2.05) is 12.3 Å². The fourth-order valence-corrected chi connectivity index (χ4v) is 1.10. The van der Waals surface area contributed by atoms with Gasteiger partial charge in [-0.3, -0.25) is 0 Å². The quantitative estimate of drug-likeness (QED) is 0.571. The third-order valence-electron chi connectivity index (χ3n) is 1.66. The highest BCUT2D eigenvalue weighted by Gasteiger charge is 1.91. The van der Waals surface area contributed by atoms with Crippen molar-refractivity contribution in [2.75, 3.05) is 0 Å². The van der Waals surface area contributed by atoms with Crippen LogP contribution in [0.2, 0.25) is 0 Å². The first-order chi connectivity index (χ1) is 6.36. The molecule has 1 aromatic carbocycles. The van der Waals surface area contributed by atoms with Crippen LogP contribution in [0, 0.1) is 6.92 Å². The lowest BCUT2D eigenvalue weighted by atomic mass is 10.2. The highest BCUT2D eigenvalue weighted by Crippen LogP contribution is 2.10. The molecular formula is C11H12N2. The molecule has 0 unspecified atom stereocenters. The number of hydrogen-bond donors (Lipinski definition) is 0. The van der Waals surface area contributed by atoms with Crippen LogP contribution in [0.5, 0.6) is 0 Å². The van der Waals surface area contributed by atoms with Crippen molar-refractivity contribution in [2.45, 2.75) is 6.92 Å². The zero-order chi connectivity index (χ0) is 9.68. The Morgan fingerprint density at radius 2 is 2.00 bits per heavy atom. The second-order valence-electron chi connectivity index (χ2n) is 2.59. The molecule has 0 aliphatic rings. The highest BCUT2D eigenvalue weighted by atomic mass is 14.8. The van der Waals surface area contributed by atoms with Gasteiger partial charge in [-0.05, 0) is 19.1 Å². The monoisotopic (exact) mass is 172 g/mol. The molecule has 0 radical (unpaired) electrons. The molecule has 0 saturated carbocycles. The second kappa shape index (κ2) is 4.36. The lowest BCUT2D eigenvalue weighted by molar-refractivity contribution is 1.22. The molecule has 0 bridgehead atoms. The van der Waals surface area contributed by atoms with Gasteiger partial charge in [-0.25, -0.2) is 9.97 Å². The van der Waals surface area contributed by atoms with Crippen molar-refractivity contribution >= 4 is 10.9 Å². The Morgan fingerprint density at radius 3 is 2.77 bits per heavy atom. The first kappa shape index (κ1) is 9.39. The van der Waals surface area contributed by atoms with Crippen LogP contribution in [0.4, 0.5) is 0 Å². The zero-order valence-electron chi connectivity index (χ0n) is 7.70. The van der Waals surface area contributed by atoms with E-state index in [2.05, 4.69) is 42.2 Å². The summed E-state index contributed by atoms with van der Waals surface area (Å²) in [6.07, 6.45) is 3.40. The van der Waals surface area contributed by atoms with Crippen LogP contribution in [0.25, 0.3) is 10.9 Å². The summed E-state index contributed by atoms with van der Waals surface area (Å²) in [5.74, 6) is 0. The Hall–Kier alpha value is -1.70. The van der Waals surface area contributed by atoms with Gasteiger partial charge in [-0.15, -0.1) is 13.2 Å². The average Bonchev–Trinajstić information content (AvgIpc) is 2.21. The SMILES string of the molecule is C=C.Cc1ccc2ncncc2c1. The van der Waals surface area contributed by atoms with Crippen molar-refractivity contribution in [1.82, 2.24) is 9.97 Å². The van der Waals surface area contributed by atoms with Crippen molar-refractivity contribution in [3.63, 3.8) is 0 Å². The maximum atomic E-state index is 4.11. The van der Waals surface area contributed by atoms with Gasteiger partial charge in [-0.2, -0.15) is 0 Å². The minimum absolute atomic E-state index is 1.01. The summed E-state index contributed by atoms with van der Waals surface area (Å²) in [4.78, 5) is 8.05. The number of nitrogens with zero attached hydrogens (tertiary/aromatic N) is 2. The first-order valence-electron chi connectivity index (χ1n) is 4.02. The van der Waals surface area contributed by atoms with Gasteiger partial charge in [0.1, 0.15) is 6.33 Å². The minimum atomic E-state index is 1.01. The zero-order valence-corrected chi connectivity index (χ0v) is 7.70. The van der Waals surface area contributed by atoms with Crippen molar-refractivity contribution in [2.24, 2.45) is 0 Å². The van der Waals surface area contributed by atoms with Crippen LogP contribution in [0.1, 0.15) is 5.56 Å². The molecule has 0 saturated heterocycles. The molecule has 0 amide bonds. The number of aromatic nitrogens is 2. The largest absolute Gasteiger partial charge is 0.244 e. The molecule has 0 N–H and O–H groups in total. The van der Waals surface area contributed by atoms with Gasteiger partial charge in [0, 0.05) is 11.6 Å². The summed E-state index contributed by atoms with van der Waals surface area (Å²) in [6.45, 7) is 8.06. The minimum Gasteiger partial charge on any atom is -0.244 e. The molecule has 13 heavy (non-hydrogen) atoms. The molecule has 2 rings (SSSR count). The van der Waals surface area contributed by atoms with Crippen molar-refractivity contribution in [3.8, 4) is 0 Å². The molecule has 0 aliphatic heterocycles. The maximum Gasteiger partial charge on any atom is 0.116 e. The van der Waals surface area contributed by atoms with Crippen LogP contribution in [-0.4, -0.2) is 9.97 Å². The molecule has 0 fully saturated rings. The molecule has 2 aromatic rings. The van der Waals surface area contributed by atoms with Gasteiger partial charge in [0.15, 0.2) is 0 Å². The summed E-state index contributed by atoms with van der Waals surface area (Å²) >= 11 is 0. The molecule has 0 spiro atoms. The van der Waals surface area contributed by atoms with E-state index in [1.54, 1.807) is 6.33 Å². The summed E-state index contributed by atoms with van der Waals surface area (Å²) in [6, 6.07) is 6.14. The molecule has 0 aliphatic carbocycles. The van der Waals surface area contributed by atoms with E-state index in [4.69, 9.17) is 0 Å². The van der Waals surface area contributed by atoms with Crippen LogP contribution in [0.3, 0.4) is 0 Å². The summed E-state index contributed by atoms with van der Waals surface area (Å²) in [5.41, 5.74) is 2.25. The summed E-state index contributed by atoms with van der Waals surface area (Å²) < 4.78 is 0. The Morgan fingerprint density at radius 1 is 1.23 bits per heavy atom. The third-order valence-corrected chi connectivity index (χ3v) is 1.66. The van der Waals surface area contributed by atoms with Crippen molar-refractivity contribution < 1.29 is 0 Å². The number of rotatable bonds is 0. The number of benzene rings is 1. The summed E-state index contributed by atoms with van der Waals surface area (Å²) in [5, 5.41) is 1.10. The first-order valence-corrected chi connectivity index (χ1v) is 4.02. The molecule has 2 heteroatoms. The molecule has 1 aromatic heterocycles. The number of aryl methyl sites for hydroxylation is 1. The van der Waals surface area contributed by atoms with E-state index in [0.717, 1.165) is 10.9 Å². The smallest absolute Gasteiger partial charge is 0.116 e. The molecule has 1 heterocycles. The average molecular weight is 172 g/mol. The van der Waals surface area contributed by atoms with Crippen molar-refractivity contribution in [1.29, 1.82) is 0 Å². The lowest BCUT2D eigenvalue weighted by Gasteiger charge is -1.95. The van der Waals surface area contributed by atoms with Gasteiger partial charge >= 0.3 is 0 Å². The lowest BCUT2D eigenvalue weighted by Crippen LogP contribution is -1.80. The van der Waals surface area contributed by atoms with Crippen LogP contribution < -0.4 is 0 Å². The van der Waals surface area contributed by atoms with Crippen molar-refractivity contribution in [3.05, 3.63) is 49.4 Å². The Kier molecular flexibility index (Phi) is 3.15. The second-order valence-corrected chi connectivity index (χ2v) is 2.59. The van der Waals surface area contributed by atoms with Gasteiger partial charge < -0.3 is 0 Å². The maximum absolute atomic E-state index is 4.11. The molecule has 0 atom stereocenters. The number of fused-ring (bicyclic) bond motifs is 1. The number of hydrogen-bond acceptors (Lipinski definition) is 2. The van der Waals surface area contributed by atoms with Gasteiger partial charge in [0.25, 0.3) is 0 Å². The molecule has 66 valence electrons.